The predicted molar refractivity (Wildman–Crippen MR) is 135 cm³/mol. The number of carbonyl (C=O) groups is 1. The second kappa shape index (κ2) is 7.68. The SMILES string of the molecule is CC1=C2C3=CC[C@@H]4[C@@]5(C)C[C@@H](O)[C@@H](O)[C@@](C)(CO)[C@@H]5CC[C@@]4(C)[C@]3(C)CC[C@@]2(C(=O)O)CC[C@H]1C. The van der Waals surface area contributed by atoms with Crippen molar-refractivity contribution in [2.24, 2.45) is 44.8 Å². The average Bonchev–Trinajstić information content (AvgIpc) is 2.80. The van der Waals surface area contributed by atoms with E-state index < -0.39 is 29.0 Å². The van der Waals surface area contributed by atoms with E-state index in [4.69, 9.17) is 0 Å². The number of carboxylic acid groups (broad SMARTS) is 1. The molecule has 0 aromatic rings. The zero-order valence-corrected chi connectivity index (χ0v) is 22.5. The van der Waals surface area contributed by atoms with Gasteiger partial charge in [0.1, 0.15) is 0 Å². The van der Waals surface area contributed by atoms with Crippen molar-refractivity contribution in [3.63, 3.8) is 0 Å². The fraction of sp³-hybridized carbons (Fsp3) is 0.833. The molecule has 3 fully saturated rings. The summed E-state index contributed by atoms with van der Waals surface area (Å²) in [7, 11) is 0. The Morgan fingerprint density at radius 3 is 2.34 bits per heavy atom. The van der Waals surface area contributed by atoms with Crippen molar-refractivity contribution in [1.82, 2.24) is 0 Å². The predicted octanol–water partition coefficient (Wildman–Crippen LogP) is 5.10. The lowest BCUT2D eigenvalue weighted by Crippen LogP contribution is -2.67. The molecule has 5 aliphatic carbocycles. The van der Waals surface area contributed by atoms with Gasteiger partial charge in [0, 0.05) is 5.41 Å². The van der Waals surface area contributed by atoms with Gasteiger partial charge in [0.25, 0.3) is 0 Å². The molecule has 10 atom stereocenters. The summed E-state index contributed by atoms with van der Waals surface area (Å²) in [6, 6.07) is 0. The summed E-state index contributed by atoms with van der Waals surface area (Å²) < 4.78 is 0. The van der Waals surface area contributed by atoms with Gasteiger partial charge in [-0.05, 0) is 103 Å². The highest BCUT2D eigenvalue weighted by Crippen LogP contribution is 2.75. The Bertz CT molecular complexity index is 999. The third-order valence-electron chi connectivity index (χ3n) is 12.9. The van der Waals surface area contributed by atoms with Crippen LogP contribution in [0.3, 0.4) is 0 Å². The number of aliphatic carboxylic acids is 1. The highest BCUT2D eigenvalue weighted by atomic mass is 16.4. The Kier molecular flexibility index (Phi) is 5.59. The molecule has 0 heterocycles. The Hall–Kier alpha value is -1.17. The molecule has 5 heteroatoms. The maximum absolute atomic E-state index is 12.8. The molecule has 5 nitrogen and oxygen atoms in total. The van der Waals surface area contributed by atoms with Crippen molar-refractivity contribution in [3.8, 4) is 0 Å². The molecule has 0 bridgehead atoms. The first kappa shape index (κ1) is 25.5. The molecule has 196 valence electrons. The van der Waals surface area contributed by atoms with E-state index in [9.17, 15) is 25.2 Å². The minimum atomic E-state index is -0.914. The van der Waals surface area contributed by atoms with Gasteiger partial charge in [-0.2, -0.15) is 0 Å². The highest BCUT2D eigenvalue weighted by molar-refractivity contribution is 5.82. The van der Waals surface area contributed by atoms with Crippen molar-refractivity contribution >= 4 is 5.97 Å². The van der Waals surface area contributed by atoms with Crippen LogP contribution in [0.4, 0.5) is 0 Å². The van der Waals surface area contributed by atoms with E-state index in [0.29, 0.717) is 24.7 Å². The normalized spacial score (nSPS) is 53.6. The topological polar surface area (TPSA) is 98.0 Å². The zero-order valence-electron chi connectivity index (χ0n) is 22.5. The maximum Gasteiger partial charge on any atom is 0.314 e. The van der Waals surface area contributed by atoms with Crippen LogP contribution in [0.15, 0.2) is 22.8 Å². The van der Waals surface area contributed by atoms with E-state index in [1.54, 1.807) is 0 Å². The third kappa shape index (κ3) is 2.89. The molecule has 0 spiro atoms. The molecular weight excluding hydrogens is 440 g/mol. The Morgan fingerprint density at radius 1 is 1.03 bits per heavy atom. The maximum atomic E-state index is 12.8. The van der Waals surface area contributed by atoms with Gasteiger partial charge in [0.2, 0.25) is 0 Å². The van der Waals surface area contributed by atoms with Crippen LogP contribution in [0, 0.1) is 44.8 Å². The third-order valence-corrected chi connectivity index (χ3v) is 12.9. The standard InChI is InChI=1S/C30H46O5/c1-17-9-12-30(25(34)35)14-13-28(5)19(23(30)18(17)2)7-8-22-26(3)15-20(32)24(33)27(4,16-31)21(26)10-11-29(22,28)6/h7,17,20-22,24,31-33H,8-16H2,1-6H3,(H,34,35)/t17-,20-,21-,22-,24-,26+,27+,28-,29-,30+/m1/s1. The number of rotatable bonds is 2. The van der Waals surface area contributed by atoms with Gasteiger partial charge in [0.15, 0.2) is 0 Å². The van der Waals surface area contributed by atoms with Gasteiger partial charge < -0.3 is 20.4 Å². The lowest BCUT2D eigenvalue weighted by atomic mass is 9.34. The van der Waals surface area contributed by atoms with E-state index in [-0.39, 0.29) is 28.8 Å². The molecule has 0 radical (unpaired) electrons. The molecule has 0 aromatic carbocycles. The van der Waals surface area contributed by atoms with Crippen LogP contribution in [0.25, 0.3) is 0 Å². The summed E-state index contributed by atoms with van der Waals surface area (Å²) in [5.74, 6) is 0.176. The van der Waals surface area contributed by atoms with Crippen molar-refractivity contribution in [3.05, 3.63) is 22.8 Å². The molecular formula is C30H46O5. The molecule has 3 saturated carbocycles. The monoisotopic (exact) mass is 486 g/mol. The first-order valence-corrected chi connectivity index (χ1v) is 13.9. The number of carboxylic acids is 1. The molecule has 5 rings (SSSR count). The van der Waals surface area contributed by atoms with Crippen molar-refractivity contribution in [2.75, 3.05) is 6.61 Å². The minimum Gasteiger partial charge on any atom is -0.481 e. The molecule has 0 unspecified atom stereocenters. The first-order valence-electron chi connectivity index (χ1n) is 13.9. The van der Waals surface area contributed by atoms with Crippen LogP contribution in [-0.4, -0.2) is 45.2 Å². The number of aliphatic hydroxyl groups is 3. The Labute approximate surface area is 210 Å². The summed E-state index contributed by atoms with van der Waals surface area (Å²) in [5.41, 5.74) is 1.82. The molecule has 0 amide bonds. The zero-order chi connectivity index (χ0) is 25.8. The summed E-state index contributed by atoms with van der Waals surface area (Å²) in [6.07, 6.45) is 7.14. The van der Waals surface area contributed by atoms with Crippen LogP contribution >= 0.6 is 0 Å². The summed E-state index contributed by atoms with van der Waals surface area (Å²) >= 11 is 0. The Balaban J connectivity index is 1.66. The smallest absolute Gasteiger partial charge is 0.314 e. The summed E-state index contributed by atoms with van der Waals surface area (Å²) in [6.45, 7) is 13.3. The van der Waals surface area contributed by atoms with Gasteiger partial charge >= 0.3 is 5.97 Å². The quantitative estimate of drug-likeness (QED) is 0.435. The van der Waals surface area contributed by atoms with E-state index in [1.807, 2.05) is 6.92 Å². The van der Waals surface area contributed by atoms with Crippen molar-refractivity contribution in [1.29, 1.82) is 0 Å². The number of fused-ring (bicyclic) bond motifs is 7. The van der Waals surface area contributed by atoms with Gasteiger partial charge in [-0.25, -0.2) is 0 Å². The van der Waals surface area contributed by atoms with Crippen molar-refractivity contribution in [2.45, 2.75) is 105 Å². The molecule has 0 saturated heterocycles. The van der Waals surface area contributed by atoms with Crippen LogP contribution in [-0.2, 0) is 4.79 Å². The number of hydrogen-bond donors (Lipinski definition) is 4. The van der Waals surface area contributed by atoms with Crippen LogP contribution in [0.5, 0.6) is 0 Å². The number of aliphatic hydroxyl groups excluding tert-OH is 3. The largest absolute Gasteiger partial charge is 0.481 e. The van der Waals surface area contributed by atoms with Gasteiger partial charge in [-0.3, -0.25) is 4.79 Å². The molecule has 0 aliphatic heterocycles. The van der Waals surface area contributed by atoms with E-state index in [0.717, 1.165) is 44.1 Å². The van der Waals surface area contributed by atoms with Crippen LogP contribution in [0.2, 0.25) is 0 Å². The molecule has 0 aromatic heterocycles. The minimum absolute atomic E-state index is 0.0423. The average molecular weight is 487 g/mol. The number of allylic oxidation sites excluding steroid dienone is 3. The lowest BCUT2D eigenvalue weighted by molar-refractivity contribution is -0.240. The summed E-state index contributed by atoms with van der Waals surface area (Å²) in [5, 5.41) is 42.8. The van der Waals surface area contributed by atoms with E-state index in [1.165, 1.54) is 11.1 Å². The fourth-order valence-electron chi connectivity index (χ4n) is 10.4. The lowest BCUT2D eigenvalue weighted by Gasteiger charge is -2.70. The second-order valence-corrected chi connectivity index (χ2v) is 14.0. The number of hydrogen-bond acceptors (Lipinski definition) is 4. The fourth-order valence-corrected chi connectivity index (χ4v) is 10.4. The molecule has 4 N–H and O–H groups in total. The van der Waals surface area contributed by atoms with Crippen molar-refractivity contribution < 1.29 is 25.2 Å². The van der Waals surface area contributed by atoms with E-state index in [2.05, 4.69) is 40.7 Å². The van der Waals surface area contributed by atoms with Crippen LogP contribution < -0.4 is 0 Å². The first-order chi connectivity index (χ1) is 16.2. The Morgan fingerprint density at radius 2 is 1.71 bits per heavy atom. The summed E-state index contributed by atoms with van der Waals surface area (Å²) in [4.78, 5) is 12.8. The van der Waals surface area contributed by atoms with Gasteiger partial charge in [-0.15, -0.1) is 0 Å². The van der Waals surface area contributed by atoms with E-state index >= 15 is 0 Å². The highest BCUT2D eigenvalue weighted by Gasteiger charge is 2.69. The molecule has 35 heavy (non-hydrogen) atoms. The van der Waals surface area contributed by atoms with Gasteiger partial charge in [0.05, 0.1) is 24.2 Å². The van der Waals surface area contributed by atoms with Crippen LogP contribution in [0.1, 0.15) is 92.9 Å². The van der Waals surface area contributed by atoms with Gasteiger partial charge in [-0.1, -0.05) is 46.3 Å². The second-order valence-electron chi connectivity index (χ2n) is 14.0. The molecule has 5 aliphatic rings.